The summed E-state index contributed by atoms with van der Waals surface area (Å²) in [5, 5.41) is 3.34. The normalized spacial score (nSPS) is 23.0. The van der Waals surface area contributed by atoms with Crippen molar-refractivity contribution in [2.24, 2.45) is 0 Å². The van der Waals surface area contributed by atoms with Gasteiger partial charge >= 0.3 is 0 Å². The quantitative estimate of drug-likeness (QED) is 0.777. The molecule has 5 heteroatoms. The van der Waals surface area contributed by atoms with Crippen LogP contribution in [0.15, 0.2) is 18.2 Å². The van der Waals surface area contributed by atoms with Crippen molar-refractivity contribution in [3.63, 3.8) is 0 Å². The summed E-state index contributed by atoms with van der Waals surface area (Å²) in [5.41, 5.74) is 7.14. The first kappa shape index (κ1) is 13.0. The predicted octanol–water partition coefficient (Wildman–Crippen LogP) is 1.49. The van der Waals surface area contributed by atoms with Crippen molar-refractivity contribution in [1.82, 2.24) is 0 Å². The maximum atomic E-state index is 5.77. The van der Waals surface area contributed by atoms with Gasteiger partial charge in [-0.05, 0) is 12.1 Å². The van der Waals surface area contributed by atoms with Gasteiger partial charge < -0.3 is 25.3 Å². The number of nitrogen functional groups attached to an aromatic ring is 1. The molecule has 1 fully saturated rings. The first-order chi connectivity index (χ1) is 8.69. The molecule has 1 aromatic rings. The van der Waals surface area contributed by atoms with Gasteiger partial charge in [0.25, 0.3) is 0 Å². The van der Waals surface area contributed by atoms with E-state index in [4.69, 9.17) is 19.9 Å². The molecule has 0 saturated carbocycles. The summed E-state index contributed by atoms with van der Waals surface area (Å²) >= 11 is 0. The molecule has 100 valence electrons. The van der Waals surface area contributed by atoms with Crippen LogP contribution >= 0.6 is 0 Å². The Bertz CT molecular complexity index is 403. The van der Waals surface area contributed by atoms with Gasteiger partial charge in [0.15, 0.2) is 0 Å². The minimum absolute atomic E-state index is 0.228. The molecule has 0 aliphatic carbocycles. The van der Waals surface area contributed by atoms with Crippen molar-refractivity contribution in [2.45, 2.75) is 12.0 Å². The van der Waals surface area contributed by atoms with E-state index in [1.165, 1.54) is 0 Å². The van der Waals surface area contributed by atoms with E-state index < -0.39 is 0 Å². The van der Waals surface area contributed by atoms with Gasteiger partial charge in [0.2, 0.25) is 0 Å². The summed E-state index contributed by atoms with van der Waals surface area (Å²) in [4.78, 5) is 0. The van der Waals surface area contributed by atoms with E-state index >= 15 is 0 Å². The number of ether oxygens (including phenoxy) is 3. The Balaban J connectivity index is 2.01. The Hall–Kier alpha value is -1.46. The van der Waals surface area contributed by atoms with Gasteiger partial charge in [0, 0.05) is 38.4 Å². The van der Waals surface area contributed by atoms with Crippen molar-refractivity contribution < 1.29 is 14.2 Å². The lowest BCUT2D eigenvalue weighted by atomic mass is 10.0. The van der Waals surface area contributed by atoms with E-state index in [1.54, 1.807) is 14.2 Å². The third-order valence-corrected chi connectivity index (χ3v) is 3.35. The summed E-state index contributed by atoms with van der Waals surface area (Å²) < 4.78 is 16.1. The molecule has 1 aromatic carbocycles. The standard InChI is InChI=1S/C13H20N2O3/c1-16-12-7-10(3-4-11(12)14)15-8-13(17-2)5-6-18-9-13/h3-4,7,15H,5-6,8-9,14H2,1-2H3. The number of rotatable bonds is 5. The minimum Gasteiger partial charge on any atom is -0.495 e. The lowest BCUT2D eigenvalue weighted by molar-refractivity contribution is -0.00620. The molecule has 1 aliphatic rings. The van der Waals surface area contributed by atoms with Crippen LogP contribution < -0.4 is 15.8 Å². The Morgan fingerprint density at radius 1 is 1.44 bits per heavy atom. The third-order valence-electron chi connectivity index (χ3n) is 3.35. The number of nitrogens with two attached hydrogens (primary N) is 1. The largest absolute Gasteiger partial charge is 0.495 e. The summed E-state index contributed by atoms with van der Waals surface area (Å²) in [7, 11) is 3.33. The van der Waals surface area contributed by atoms with Crippen LogP contribution in [0, 0.1) is 0 Å². The molecule has 0 spiro atoms. The van der Waals surface area contributed by atoms with Crippen LogP contribution in [-0.2, 0) is 9.47 Å². The Morgan fingerprint density at radius 3 is 2.89 bits per heavy atom. The molecule has 5 nitrogen and oxygen atoms in total. The Labute approximate surface area is 107 Å². The van der Waals surface area contributed by atoms with E-state index in [1.807, 2.05) is 18.2 Å². The van der Waals surface area contributed by atoms with E-state index in [0.29, 0.717) is 24.6 Å². The highest BCUT2D eigenvalue weighted by Gasteiger charge is 2.34. The van der Waals surface area contributed by atoms with E-state index in [9.17, 15) is 0 Å². The highest BCUT2D eigenvalue weighted by molar-refractivity contribution is 5.61. The Kier molecular flexibility index (Phi) is 3.93. The monoisotopic (exact) mass is 252 g/mol. The zero-order valence-corrected chi connectivity index (χ0v) is 10.9. The number of hydrogen-bond acceptors (Lipinski definition) is 5. The first-order valence-electron chi connectivity index (χ1n) is 5.99. The van der Waals surface area contributed by atoms with Crippen molar-refractivity contribution in [3.05, 3.63) is 18.2 Å². The van der Waals surface area contributed by atoms with Crippen LogP contribution in [-0.4, -0.2) is 39.6 Å². The van der Waals surface area contributed by atoms with Crippen LogP contribution in [0.25, 0.3) is 0 Å². The molecular formula is C13H20N2O3. The summed E-state index contributed by atoms with van der Waals surface area (Å²) in [5.74, 6) is 0.675. The van der Waals surface area contributed by atoms with Gasteiger partial charge in [-0.3, -0.25) is 0 Å². The van der Waals surface area contributed by atoms with E-state index in [2.05, 4.69) is 5.32 Å². The zero-order chi connectivity index (χ0) is 13.0. The average Bonchev–Trinajstić information content (AvgIpc) is 2.87. The van der Waals surface area contributed by atoms with Crippen molar-refractivity contribution >= 4 is 11.4 Å². The molecule has 2 rings (SSSR count). The summed E-state index contributed by atoms with van der Waals surface area (Å²) in [6.45, 7) is 2.08. The molecule has 0 amide bonds. The number of methoxy groups -OCH3 is 2. The number of anilines is 2. The lowest BCUT2D eigenvalue weighted by Crippen LogP contribution is -2.39. The van der Waals surface area contributed by atoms with Gasteiger partial charge in [-0.2, -0.15) is 0 Å². The van der Waals surface area contributed by atoms with Gasteiger partial charge in [-0.1, -0.05) is 0 Å². The summed E-state index contributed by atoms with van der Waals surface area (Å²) in [6, 6.07) is 5.64. The van der Waals surface area contributed by atoms with Crippen LogP contribution in [0.4, 0.5) is 11.4 Å². The first-order valence-corrected chi connectivity index (χ1v) is 5.99. The lowest BCUT2D eigenvalue weighted by Gasteiger charge is -2.26. The molecule has 1 unspecified atom stereocenters. The summed E-state index contributed by atoms with van der Waals surface area (Å²) in [6.07, 6.45) is 0.905. The zero-order valence-electron chi connectivity index (χ0n) is 10.9. The molecule has 18 heavy (non-hydrogen) atoms. The second-order valence-corrected chi connectivity index (χ2v) is 4.50. The fraction of sp³-hybridized carbons (Fsp3) is 0.538. The maximum absolute atomic E-state index is 5.77. The molecule has 0 bridgehead atoms. The molecule has 3 N–H and O–H groups in total. The van der Waals surface area contributed by atoms with Gasteiger partial charge in [0.05, 0.1) is 19.4 Å². The average molecular weight is 252 g/mol. The SMILES string of the molecule is COc1cc(NCC2(OC)CCOC2)ccc1N. The molecule has 1 saturated heterocycles. The highest BCUT2D eigenvalue weighted by atomic mass is 16.5. The van der Waals surface area contributed by atoms with Crippen molar-refractivity contribution in [3.8, 4) is 5.75 Å². The molecule has 0 radical (unpaired) electrons. The maximum Gasteiger partial charge on any atom is 0.143 e. The fourth-order valence-corrected chi connectivity index (χ4v) is 2.05. The van der Waals surface area contributed by atoms with Crippen LogP contribution in [0.3, 0.4) is 0 Å². The molecular weight excluding hydrogens is 232 g/mol. The number of hydrogen-bond donors (Lipinski definition) is 2. The molecule has 1 aliphatic heterocycles. The van der Waals surface area contributed by atoms with Crippen molar-refractivity contribution in [2.75, 3.05) is 45.0 Å². The third kappa shape index (κ3) is 2.68. The van der Waals surface area contributed by atoms with Crippen LogP contribution in [0.5, 0.6) is 5.75 Å². The second kappa shape index (κ2) is 5.46. The number of nitrogens with one attached hydrogen (secondary N) is 1. The van der Waals surface area contributed by atoms with E-state index in [0.717, 1.165) is 18.7 Å². The van der Waals surface area contributed by atoms with Crippen LogP contribution in [0.1, 0.15) is 6.42 Å². The molecule has 1 atom stereocenters. The highest BCUT2D eigenvalue weighted by Crippen LogP contribution is 2.27. The number of benzene rings is 1. The van der Waals surface area contributed by atoms with Gasteiger partial charge in [0.1, 0.15) is 11.4 Å². The molecule has 0 aromatic heterocycles. The van der Waals surface area contributed by atoms with E-state index in [-0.39, 0.29) is 5.60 Å². The van der Waals surface area contributed by atoms with Gasteiger partial charge in [-0.15, -0.1) is 0 Å². The minimum atomic E-state index is -0.228. The molecule has 1 heterocycles. The topological polar surface area (TPSA) is 65.7 Å². The second-order valence-electron chi connectivity index (χ2n) is 4.50. The van der Waals surface area contributed by atoms with Crippen LogP contribution in [0.2, 0.25) is 0 Å². The van der Waals surface area contributed by atoms with Gasteiger partial charge in [-0.25, -0.2) is 0 Å². The fourth-order valence-electron chi connectivity index (χ4n) is 2.05. The smallest absolute Gasteiger partial charge is 0.143 e. The Morgan fingerprint density at radius 2 is 2.28 bits per heavy atom. The predicted molar refractivity (Wildman–Crippen MR) is 71.1 cm³/mol. The van der Waals surface area contributed by atoms with Crippen molar-refractivity contribution in [1.29, 1.82) is 0 Å².